The van der Waals surface area contributed by atoms with Crippen LogP contribution in [-0.2, 0) is 4.79 Å². The summed E-state index contributed by atoms with van der Waals surface area (Å²) in [6.07, 6.45) is 7.51. The summed E-state index contributed by atoms with van der Waals surface area (Å²) in [6.45, 7) is 6.47. The Morgan fingerprint density at radius 3 is 2.79 bits per heavy atom. The SMILES string of the molecule is CC1=CCCC(C)(C)[C@H]1/C=C\C(=O)O. The predicted molar refractivity (Wildman–Crippen MR) is 57.0 cm³/mol. The lowest BCUT2D eigenvalue weighted by Crippen LogP contribution is -2.26. The van der Waals surface area contributed by atoms with Crippen LogP contribution >= 0.6 is 0 Å². The topological polar surface area (TPSA) is 37.3 Å². The van der Waals surface area contributed by atoms with Crippen LogP contribution in [0.1, 0.15) is 33.6 Å². The van der Waals surface area contributed by atoms with Gasteiger partial charge in [0.05, 0.1) is 0 Å². The molecule has 78 valence electrons. The maximum Gasteiger partial charge on any atom is 0.327 e. The van der Waals surface area contributed by atoms with E-state index in [2.05, 4.69) is 26.8 Å². The molecule has 0 aromatic heterocycles. The molecule has 0 radical (unpaired) electrons. The number of allylic oxidation sites excluding steroid dienone is 3. The Bertz CT molecular complexity index is 285. The molecule has 0 spiro atoms. The molecule has 1 N–H and O–H groups in total. The summed E-state index contributed by atoms with van der Waals surface area (Å²) in [6, 6.07) is 0. The molecule has 0 aromatic rings. The van der Waals surface area contributed by atoms with E-state index in [1.165, 1.54) is 11.6 Å². The van der Waals surface area contributed by atoms with Gasteiger partial charge in [-0.25, -0.2) is 4.79 Å². The highest BCUT2D eigenvalue weighted by Crippen LogP contribution is 2.41. The smallest absolute Gasteiger partial charge is 0.327 e. The molecule has 0 fully saturated rings. The van der Waals surface area contributed by atoms with E-state index in [0.29, 0.717) is 0 Å². The highest BCUT2D eigenvalue weighted by molar-refractivity contribution is 5.79. The van der Waals surface area contributed by atoms with Crippen LogP contribution in [-0.4, -0.2) is 11.1 Å². The first kappa shape index (κ1) is 11.0. The van der Waals surface area contributed by atoms with Crippen LogP contribution in [0.4, 0.5) is 0 Å². The molecule has 1 rings (SSSR count). The maximum atomic E-state index is 10.5. The van der Waals surface area contributed by atoms with Gasteiger partial charge in [-0.15, -0.1) is 0 Å². The minimum Gasteiger partial charge on any atom is -0.478 e. The Kier molecular flexibility index (Phi) is 3.14. The second-order valence-electron chi connectivity index (χ2n) is 4.65. The summed E-state index contributed by atoms with van der Waals surface area (Å²) in [5.41, 5.74) is 1.48. The molecule has 0 heterocycles. The fourth-order valence-electron chi connectivity index (χ4n) is 2.16. The van der Waals surface area contributed by atoms with Crippen LogP contribution in [0.2, 0.25) is 0 Å². The largest absolute Gasteiger partial charge is 0.478 e. The molecular weight excluding hydrogens is 176 g/mol. The summed E-state index contributed by atoms with van der Waals surface area (Å²) in [5.74, 6) is -0.591. The van der Waals surface area contributed by atoms with Gasteiger partial charge in [0.25, 0.3) is 0 Å². The number of hydrogen-bond acceptors (Lipinski definition) is 1. The Morgan fingerprint density at radius 2 is 2.29 bits per heavy atom. The molecule has 0 aromatic carbocycles. The Balaban J connectivity index is 2.86. The van der Waals surface area contributed by atoms with E-state index in [4.69, 9.17) is 5.11 Å². The lowest BCUT2D eigenvalue weighted by atomic mass is 9.68. The zero-order valence-electron chi connectivity index (χ0n) is 9.08. The van der Waals surface area contributed by atoms with Gasteiger partial charge in [-0.05, 0) is 25.2 Å². The van der Waals surface area contributed by atoms with Crippen LogP contribution in [0.15, 0.2) is 23.8 Å². The average Bonchev–Trinajstić information content (AvgIpc) is 2.01. The molecule has 1 aliphatic carbocycles. The van der Waals surface area contributed by atoms with Crippen LogP contribution in [0, 0.1) is 11.3 Å². The molecule has 0 bridgehead atoms. The van der Waals surface area contributed by atoms with Crippen molar-refractivity contribution in [3.63, 3.8) is 0 Å². The van der Waals surface area contributed by atoms with E-state index in [1.54, 1.807) is 0 Å². The van der Waals surface area contributed by atoms with Crippen molar-refractivity contribution in [2.24, 2.45) is 11.3 Å². The van der Waals surface area contributed by atoms with Gasteiger partial charge in [0.15, 0.2) is 0 Å². The Morgan fingerprint density at radius 1 is 1.64 bits per heavy atom. The third-order valence-electron chi connectivity index (χ3n) is 3.02. The van der Waals surface area contributed by atoms with Crippen molar-refractivity contribution in [1.29, 1.82) is 0 Å². The van der Waals surface area contributed by atoms with E-state index in [0.717, 1.165) is 12.8 Å². The van der Waals surface area contributed by atoms with Crippen LogP contribution in [0.25, 0.3) is 0 Å². The van der Waals surface area contributed by atoms with Crippen LogP contribution in [0.5, 0.6) is 0 Å². The van der Waals surface area contributed by atoms with Gasteiger partial charge in [0.2, 0.25) is 0 Å². The van der Waals surface area contributed by atoms with Gasteiger partial charge in [-0.3, -0.25) is 0 Å². The summed E-state index contributed by atoms with van der Waals surface area (Å²) < 4.78 is 0. The highest BCUT2D eigenvalue weighted by Gasteiger charge is 2.30. The van der Waals surface area contributed by atoms with Crippen molar-refractivity contribution in [1.82, 2.24) is 0 Å². The van der Waals surface area contributed by atoms with Crippen molar-refractivity contribution in [2.45, 2.75) is 33.6 Å². The molecule has 2 heteroatoms. The normalized spacial score (nSPS) is 26.2. The molecule has 0 saturated carbocycles. The molecule has 1 aliphatic rings. The fourth-order valence-corrected chi connectivity index (χ4v) is 2.16. The fraction of sp³-hybridized carbons (Fsp3) is 0.583. The first-order valence-electron chi connectivity index (χ1n) is 5.01. The summed E-state index contributed by atoms with van der Waals surface area (Å²) >= 11 is 0. The van der Waals surface area contributed by atoms with Crippen molar-refractivity contribution >= 4 is 5.97 Å². The summed E-state index contributed by atoms with van der Waals surface area (Å²) in [5, 5.41) is 8.59. The number of rotatable bonds is 2. The molecule has 2 nitrogen and oxygen atoms in total. The van der Waals surface area contributed by atoms with Crippen molar-refractivity contribution < 1.29 is 9.90 Å². The summed E-state index contributed by atoms with van der Waals surface area (Å²) in [4.78, 5) is 10.5. The van der Waals surface area contributed by atoms with Gasteiger partial charge in [-0.1, -0.05) is 31.6 Å². The standard InChI is InChI=1S/C12H18O2/c1-9-5-4-8-12(2,3)10(9)6-7-11(13)14/h5-7,10H,4,8H2,1-3H3,(H,13,14)/b7-6-/t10-/m0/s1. The van der Waals surface area contributed by atoms with Gasteiger partial charge in [0.1, 0.15) is 0 Å². The number of aliphatic carboxylic acids is 1. The first-order valence-corrected chi connectivity index (χ1v) is 5.01. The van der Waals surface area contributed by atoms with E-state index >= 15 is 0 Å². The second kappa shape index (κ2) is 3.99. The Labute approximate surface area is 85.3 Å². The lowest BCUT2D eigenvalue weighted by molar-refractivity contribution is -0.131. The van der Waals surface area contributed by atoms with Crippen molar-refractivity contribution in [3.05, 3.63) is 23.8 Å². The zero-order valence-corrected chi connectivity index (χ0v) is 9.08. The average molecular weight is 194 g/mol. The number of hydrogen-bond donors (Lipinski definition) is 1. The van der Waals surface area contributed by atoms with E-state index in [9.17, 15) is 4.79 Å². The van der Waals surface area contributed by atoms with Gasteiger partial charge >= 0.3 is 5.97 Å². The molecule has 0 unspecified atom stereocenters. The molecule has 0 amide bonds. The van der Waals surface area contributed by atoms with Crippen molar-refractivity contribution in [2.75, 3.05) is 0 Å². The minimum absolute atomic E-state index is 0.185. The quantitative estimate of drug-likeness (QED) is 0.542. The molecule has 0 saturated heterocycles. The van der Waals surface area contributed by atoms with E-state index < -0.39 is 5.97 Å². The van der Waals surface area contributed by atoms with Gasteiger partial charge in [-0.2, -0.15) is 0 Å². The monoisotopic (exact) mass is 194 g/mol. The first-order chi connectivity index (χ1) is 6.43. The van der Waals surface area contributed by atoms with Gasteiger partial charge < -0.3 is 5.11 Å². The molecular formula is C12H18O2. The maximum absolute atomic E-state index is 10.5. The van der Waals surface area contributed by atoms with E-state index in [-0.39, 0.29) is 11.3 Å². The third-order valence-corrected chi connectivity index (χ3v) is 3.02. The minimum atomic E-state index is -0.862. The third kappa shape index (κ3) is 2.47. The molecule has 1 atom stereocenters. The highest BCUT2D eigenvalue weighted by atomic mass is 16.4. The summed E-state index contributed by atoms with van der Waals surface area (Å²) in [7, 11) is 0. The second-order valence-corrected chi connectivity index (χ2v) is 4.65. The zero-order chi connectivity index (χ0) is 10.8. The number of carbonyl (C=O) groups is 1. The lowest BCUT2D eigenvalue weighted by Gasteiger charge is -2.36. The van der Waals surface area contributed by atoms with Crippen LogP contribution < -0.4 is 0 Å². The Hall–Kier alpha value is -1.05. The van der Waals surface area contributed by atoms with Crippen molar-refractivity contribution in [3.8, 4) is 0 Å². The number of carboxylic acids is 1. The number of carboxylic acid groups (broad SMARTS) is 1. The van der Waals surface area contributed by atoms with Gasteiger partial charge in [0, 0.05) is 12.0 Å². The van der Waals surface area contributed by atoms with Crippen LogP contribution in [0.3, 0.4) is 0 Å². The predicted octanol–water partition coefficient (Wildman–Crippen LogP) is 3.01. The molecule has 14 heavy (non-hydrogen) atoms. The van der Waals surface area contributed by atoms with E-state index in [1.807, 2.05) is 6.08 Å². The molecule has 0 aliphatic heterocycles.